The molecule has 0 heterocycles. The van der Waals surface area contributed by atoms with Crippen molar-refractivity contribution in [3.63, 3.8) is 0 Å². The average molecular weight is 233 g/mol. The van der Waals surface area contributed by atoms with Crippen LogP contribution >= 0.6 is 0 Å². The summed E-state index contributed by atoms with van der Waals surface area (Å²) in [5.74, 6) is 1.96. The van der Waals surface area contributed by atoms with Crippen molar-refractivity contribution in [1.82, 2.24) is 5.32 Å². The van der Waals surface area contributed by atoms with Gasteiger partial charge in [0.25, 0.3) is 0 Å². The second-order valence-electron chi connectivity index (χ2n) is 4.90. The summed E-state index contributed by atoms with van der Waals surface area (Å²) in [5.41, 5.74) is 1.31. The van der Waals surface area contributed by atoms with E-state index in [1.54, 1.807) is 0 Å². The Morgan fingerprint density at radius 3 is 3.00 bits per heavy atom. The average Bonchev–Trinajstić information content (AvgIpc) is 3.14. The van der Waals surface area contributed by atoms with Gasteiger partial charge in [0, 0.05) is 6.54 Å². The van der Waals surface area contributed by atoms with Crippen LogP contribution in [0, 0.1) is 5.92 Å². The van der Waals surface area contributed by atoms with Gasteiger partial charge in [0.05, 0.1) is 6.61 Å². The van der Waals surface area contributed by atoms with Gasteiger partial charge in [-0.2, -0.15) is 0 Å². The van der Waals surface area contributed by atoms with E-state index in [2.05, 4.69) is 36.5 Å². The Bertz CT molecular complexity index is 333. The lowest BCUT2D eigenvalue weighted by atomic mass is 10.2. The smallest absolute Gasteiger partial charge is 0.119 e. The van der Waals surface area contributed by atoms with Gasteiger partial charge in [0.1, 0.15) is 5.75 Å². The molecule has 0 saturated heterocycles. The van der Waals surface area contributed by atoms with E-state index in [4.69, 9.17) is 4.74 Å². The highest BCUT2D eigenvalue weighted by Gasteiger charge is 2.20. The van der Waals surface area contributed by atoms with Gasteiger partial charge in [-0.05, 0) is 43.0 Å². The molecule has 0 atom stereocenters. The molecule has 0 aliphatic heterocycles. The third-order valence-electron chi connectivity index (χ3n) is 3.15. The first-order valence-electron chi connectivity index (χ1n) is 6.81. The van der Waals surface area contributed by atoms with Crippen LogP contribution in [-0.4, -0.2) is 13.2 Å². The van der Waals surface area contributed by atoms with Gasteiger partial charge in [0.15, 0.2) is 0 Å². The molecule has 0 aromatic heterocycles. The van der Waals surface area contributed by atoms with Crippen molar-refractivity contribution in [2.45, 2.75) is 39.2 Å². The molecular weight excluding hydrogens is 210 g/mol. The molecule has 1 N–H and O–H groups in total. The zero-order chi connectivity index (χ0) is 11.9. The van der Waals surface area contributed by atoms with Crippen molar-refractivity contribution in [3.8, 4) is 5.75 Å². The highest BCUT2D eigenvalue weighted by Crippen LogP contribution is 2.32. The predicted molar refractivity (Wildman–Crippen MR) is 71.3 cm³/mol. The number of benzene rings is 1. The Morgan fingerprint density at radius 1 is 1.35 bits per heavy atom. The molecule has 0 bridgehead atoms. The molecule has 0 radical (unpaired) electrons. The van der Waals surface area contributed by atoms with Crippen LogP contribution in [0.3, 0.4) is 0 Å². The summed E-state index contributed by atoms with van der Waals surface area (Å²) in [6.45, 7) is 5.07. The van der Waals surface area contributed by atoms with Gasteiger partial charge < -0.3 is 10.1 Å². The first-order chi connectivity index (χ1) is 8.38. The number of nitrogens with one attached hydrogen (secondary N) is 1. The minimum Gasteiger partial charge on any atom is -0.494 e. The maximum absolute atomic E-state index is 5.78. The predicted octanol–water partition coefficient (Wildman–Crippen LogP) is 3.37. The van der Waals surface area contributed by atoms with Gasteiger partial charge >= 0.3 is 0 Å². The lowest BCUT2D eigenvalue weighted by Gasteiger charge is -2.08. The van der Waals surface area contributed by atoms with Gasteiger partial charge in [-0.15, -0.1) is 0 Å². The second-order valence-corrected chi connectivity index (χ2v) is 4.90. The Labute approximate surface area is 104 Å². The van der Waals surface area contributed by atoms with Crippen molar-refractivity contribution in [2.24, 2.45) is 5.92 Å². The lowest BCUT2D eigenvalue weighted by molar-refractivity contribution is 0.302. The molecule has 17 heavy (non-hydrogen) atoms. The van der Waals surface area contributed by atoms with Crippen molar-refractivity contribution < 1.29 is 4.74 Å². The monoisotopic (exact) mass is 233 g/mol. The largest absolute Gasteiger partial charge is 0.494 e. The van der Waals surface area contributed by atoms with E-state index < -0.39 is 0 Å². The standard InChI is InChI=1S/C15H23NO/c1-2-9-16-12-14-4-3-5-15(11-14)17-10-8-13-6-7-13/h3-5,11,13,16H,2,6-10,12H2,1H3. The molecule has 1 aromatic rings. The minimum absolute atomic E-state index is 0.872. The fraction of sp³-hybridized carbons (Fsp3) is 0.600. The number of rotatable bonds is 8. The second kappa shape index (κ2) is 6.65. The molecule has 0 amide bonds. The summed E-state index contributed by atoms with van der Waals surface area (Å²) in [6.07, 6.45) is 5.21. The van der Waals surface area contributed by atoms with Gasteiger partial charge in [-0.25, -0.2) is 0 Å². The summed E-state index contributed by atoms with van der Waals surface area (Å²) >= 11 is 0. The Kier molecular flexibility index (Phi) is 4.87. The summed E-state index contributed by atoms with van der Waals surface area (Å²) in [6, 6.07) is 8.43. The third-order valence-corrected chi connectivity index (χ3v) is 3.15. The fourth-order valence-electron chi connectivity index (χ4n) is 1.90. The summed E-state index contributed by atoms with van der Waals surface area (Å²) in [4.78, 5) is 0. The number of hydrogen-bond donors (Lipinski definition) is 1. The molecule has 2 heteroatoms. The molecule has 1 fully saturated rings. The van der Waals surface area contributed by atoms with Crippen molar-refractivity contribution in [2.75, 3.05) is 13.2 Å². The minimum atomic E-state index is 0.872. The van der Waals surface area contributed by atoms with Crippen molar-refractivity contribution >= 4 is 0 Å². The SMILES string of the molecule is CCCNCc1cccc(OCCC2CC2)c1. The van der Waals surface area contributed by atoms with Crippen molar-refractivity contribution in [3.05, 3.63) is 29.8 Å². The molecule has 2 nitrogen and oxygen atoms in total. The van der Waals surface area contributed by atoms with E-state index in [1.807, 2.05) is 0 Å². The zero-order valence-corrected chi connectivity index (χ0v) is 10.7. The first kappa shape index (κ1) is 12.4. The molecule has 1 aliphatic rings. The van der Waals surface area contributed by atoms with E-state index >= 15 is 0 Å². The molecular formula is C15H23NO. The van der Waals surface area contributed by atoms with Crippen LogP contribution in [0.4, 0.5) is 0 Å². The molecule has 1 saturated carbocycles. The Morgan fingerprint density at radius 2 is 2.24 bits per heavy atom. The Hall–Kier alpha value is -1.02. The maximum Gasteiger partial charge on any atom is 0.119 e. The topological polar surface area (TPSA) is 21.3 Å². The van der Waals surface area contributed by atoms with Crippen LogP contribution in [0.1, 0.15) is 38.2 Å². The van der Waals surface area contributed by atoms with Crippen LogP contribution in [0.5, 0.6) is 5.75 Å². The van der Waals surface area contributed by atoms with E-state index in [0.29, 0.717) is 0 Å². The van der Waals surface area contributed by atoms with Crippen molar-refractivity contribution in [1.29, 1.82) is 0 Å². The fourth-order valence-corrected chi connectivity index (χ4v) is 1.90. The highest BCUT2D eigenvalue weighted by molar-refractivity contribution is 5.28. The normalized spacial score (nSPS) is 14.9. The molecule has 0 spiro atoms. The zero-order valence-electron chi connectivity index (χ0n) is 10.7. The molecule has 1 aliphatic carbocycles. The van der Waals surface area contributed by atoms with Crippen LogP contribution in [0.2, 0.25) is 0 Å². The van der Waals surface area contributed by atoms with E-state index in [-0.39, 0.29) is 0 Å². The van der Waals surface area contributed by atoms with Gasteiger partial charge in [-0.1, -0.05) is 31.9 Å². The maximum atomic E-state index is 5.78. The summed E-state index contributed by atoms with van der Waals surface area (Å²) < 4.78 is 5.78. The van der Waals surface area contributed by atoms with Crippen LogP contribution in [0.15, 0.2) is 24.3 Å². The molecule has 2 rings (SSSR count). The summed E-state index contributed by atoms with van der Waals surface area (Å²) in [5, 5.41) is 3.41. The first-order valence-corrected chi connectivity index (χ1v) is 6.81. The number of ether oxygens (including phenoxy) is 1. The van der Waals surface area contributed by atoms with E-state index in [1.165, 1.54) is 31.2 Å². The van der Waals surface area contributed by atoms with Crippen LogP contribution in [0.25, 0.3) is 0 Å². The quantitative estimate of drug-likeness (QED) is 0.695. The Balaban J connectivity index is 1.73. The molecule has 1 aromatic carbocycles. The van der Waals surface area contributed by atoms with Gasteiger partial charge in [0.2, 0.25) is 0 Å². The molecule has 94 valence electrons. The highest BCUT2D eigenvalue weighted by atomic mass is 16.5. The summed E-state index contributed by atoms with van der Waals surface area (Å²) in [7, 11) is 0. The van der Waals surface area contributed by atoms with Gasteiger partial charge in [-0.3, -0.25) is 0 Å². The van der Waals surface area contributed by atoms with E-state index in [0.717, 1.165) is 31.4 Å². The van der Waals surface area contributed by atoms with E-state index in [9.17, 15) is 0 Å². The lowest BCUT2D eigenvalue weighted by Crippen LogP contribution is -2.13. The number of hydrogen-bond acceptors (Lipinski definition) is 2. The van der Waals surface area contributed by atoms with Crippen LogP contribution < -0.4 is 10.1 Å². The third kappa shape index (κ3) is 4.78. The van der Waals surface area contributed by atoms with Crippen LogP contribution in [-0.2, 0) is 6.54 Å². The molecule has 0 unspecified atom stereocenters.